The van der Waals surface area contributed by atoms with E-state index in [0.717, 1.165) is 56.9 Å². The van der Waals surface area contributed by atoms with E-state index in [1.165, 1.54) is 11.6 Å². The normalized spacial score (nSPS) is 50.5. The van der Waals surface area contributed by atoms with E-state index in [4.69, 9.17) is 13.9 Å². The molecule has 6 rings (SSSR count). The lowest BCUT2D eigenvalue weighted by molar-refractivity contribution is -0.301. The molecule has 3 saturated carbocycles. The van der Waals surface area contributed by atoms with Gasteiger partial charge in [-0.3, -0.25) is 0 Å². The van der Waals surface area contributed by atoms with Gasteiger partial charge in [0.05, 0.1) is 24.1 Å². The molecule has 38 heavy (non-hydrogen) atoms. The van der Waals surface area contributed by atoms with Crippen molar-refractivity contribution in [2.75, 3.05) is 0 Å². The molecule has 0 amide bonds. The van der Waals surface area contributed by atoms with E-state index in [-0.39, 0.29) is 34.4 Å². The zero-order valence-corrected chi connectivity index (χ0v) is 22.6. The monoisotopic (exact) mass is 530 g/mol. The van der Waals surface area contributed by atoms with Crippen molar-refractivity contribution in [3.05, 3.63) is 46.0 Å². The summed E-state index contributed by atoms with van der Waals surface area (Å²) in [6.07, 6.45) is 5.32. The molecule has 2 heterocycles. The lowest BCUT2D eigenvalue weighted by Gasteiger charge is -2.62. The smallest absolute Gasteiger partial charge is 0.335 e. The van der Waals surface area contributed by atoms with Crippen LogP contribution in [0, 0.1) is 22.7 Å². The highest BCUT2D eigenvalue weighted by Crippen LogP contribution is 2.70. The lowest BCUT2D eigenvalue weighted by atomic mass is 9.45. The first kappa shape index (κ1) is 26.7. The number of ether oxygens (including phenoxy) is 2. The van der Waals surface area contributed by atoms with E-state index in [0.29, 0.717) is 5.92 Å². The van der Waals surface area contributed by atoms with Crippen LogP contribution in [-0.4, -0.2) is 62.8 Å². The summed E-state index contributed by atoms with van der Waals surface area (Å²) < 4.78 is 17.0. The average Bonchev–Trinajstić information content (AvgIpc) is 3.18. The number of fused-ring (bicyclic) bond motifs is 5. The average molecular weight is 531 g/mol. The van der Waals surface area contributed by atoms with E-state index in [1.807, 2.05) is 6.07 Å². The van der Waals surface area contributed by atoms with Crippen molar-refractivity contribution in [2.24, 2.45) is 22.7 Å². The molecule has 1 aliphatic heterocycles. The molecular formula is C30H42O8. The Morgan fingerprint density at radius 2 is 1.74 bits per heavy atom. The Bertz CT molecular complexity index is 1130. The van der Waals surface area contributed by atoms with Crippen LogP contribution < -0.4 is 5.63 Å². The van der Waals surface area contributed by atoms with Gasteiger partial charge < -0.3 is 34.3 Å². The maximum Gasteiger partial charge on any atom is 0.335 e. The van der Waals surface area contributed by atoms with Gasteiger partial charge in [0.15, 0.2) is 6.29 Å². The molecule has 4 fully saturated rings. The molecule has 4 N–H and O–H groups in total. The first-order chi connectivity index (χ1) is 18.0. The zero-order chi connectivity index (χ0) is 27.0. The Morgan fingerprint density at radius 1 is 0.947 bits per heavy atom. The van der Waals surface area contributed by atoms with E-state index in [1.54, 1.807) is 13.2 Å². The van der Waals surface area contributed by atoms with E-state index < -0.39 is 36.3 Å². The van der Waals surface area contributed by atoms with Crippen LogP contribution in [-0.2, 0) is 9.47 Å². The highest BCUT2D eigenvalue weighted by molar-refractivity contribution is 5.31. The summed E-state index contributed by atoms with van der Waals surface area (Å²) in [5.74, 6) is 0.759. The van der Waals surface area contributed by atoms with Crippen LogP contribution in [0.4, 0.5) is 0 Å². The molecule has 0 bridgehead atoms. The SMILES string of the molecule is C[C@@H]1O[C@@H](O[C@@H]2C=C3CC[C@@H]4[C@@H](CC[C@]5(C)[C@H](c6ccc(=O)oc6)CC[C@@]45O)[C@@]3(C)CC2)[C@H](O)[C@H](O)[C@H]1O. The molecule has 1 aromatic heterocycles. The summed E-state index contributed by atoms with van der Waals surface area (Å²) in [4.78, 5) is 11.5. The first-order valence-electron chi connectivity index (χ1n) is 14.4. The standard InChI is InChI=1S/C30H42O8/c1-16-24(32)25(33)26(34)27(37-16)38-19-8-11-28(2)18(14-19)5-6-22-21(28)9-12-29(3)20(10-13-30(22,29)35)17-4-7-23(31)36-15-17/h4,7,14-16,19-22,24-27,32-35H,5-6,8-13H2,1-3H3/t16-,19-,20-,21+,22+,24-,25+,26+,27-,28-,29+,30+/m0/s1. The highest BCUT2D eigenvalue weighted by atomic mass is 16.7. The Balaban J connectivity index is 1.21. The van der Waals surface area contributed by atoms with Gasteiger partial charge in [0.25, 0.3) is 0 Å². The van der Waals surface area contributed by atoms with E-state index >= 15 is 0 Å². The molecule has 5 aliphatic rings. The number of allylic oxidation sites excluding steroid dienone is 1. The van der Waals surface area contributed by atoms with Gasteiger partial charge in [-0.2, -0.15) is 0 Å². The van der Waals surface area contributed by atoms with Crippen molar-refractivity contribution in [2.45, 2.75) is 120 Å². The van der Waals surface area contributed by atoms with Gasteiger partial charge in [-0.15, -0.1) is 0 Å². The topological polar surface area (TPSA) is 130 Å². The summed E-state index contributed by atoms with van der Waals surface area (Å²) in [5.41, 5.74) is 0.991. The quantitative estimate of drug-likeness (QED) is 0.439. The van der Waals surface area contributed by atoms with Crippen molar-refractivity contribution in [3.8, 4) is 0 Å². The fraction of sp³-hybridized carbons (Fsp3) is 0.767. The van der Waals surface area contributed by atoms with E-state index in [2.05, 4.69) is 19.9 Å². The summed E-state index contributed by atoms with van der Waals surface area (Å²) in [7, 11) is 0. The number of hydrogen-bond donors (Lipinski definition) is 4. The van der Waals surface area contributed by atoms with Crippen molar-refractivity contribution >= 4 is 0 Å². The second kappa shape index (κ2) is 9.25. The summed E-state index contributed by atoms with van der Waals surface area (Å²) >= 11 is 0. The lowest BCUT2D eigenvalue weighted by Crippen LogP contribution is -2.60. The number of aliphatic hydroxyl groups excluding tert-OH is 3. The molecule has 0 radical (unpaired) electrons. The van der Waals surface area contributed by atoms with Crippen molar-refractivity contribution < 1.29 is 34.3 Å². The van der Waals surface area contributed by atoms with Gasteiger partial charge in [0.1, 0.15) is 18.3 Å². The van der Waals surface area contributed by atoms with Crippen molar-refractivity contribution in [1.29, 1.82) is 0 Å². The van der Waals surface area contributed by atoms with Gasteiger partial charge in [0, 0.05) is 11.5 Å². The maximum atomic E-state index is 12.4. The minimum absolute atomic E-state index is 0.0213. The summed E-state index contributed by atoms with van der Waals surface area (Å²) in [6, 6.07) is 3.36. The first-order valence-corrected chi connectivity index (χ1v) is 14.4. The van der Waals surface area contributed by atoms with Gasteiger partial charge in [0.2, 0.25) is 0 Å². The molecule has 4 aliphatic carbocycles. The molecule has 210 valence electrons. The van der Waals surface area contributed by atoms with Crippen LogP contribution >= 0.6 is 0 Å². The minimum Gasteiger partial charge on any atom is -0.431 e. The Hall–Kier alpha value is -1.55. The molecule has 0 unspecified atom stereocenters. The summed E-state index contributed by atoms with van der Waals surface area (Å²) in [5, 5.41) is 43.0. The van der Waals surface area contributed by atoms with Crippen molar-refractivity contribution in [1.82, 2.24) is 0 Å². The Kier molecular flexibility index (Phi) is 6.49. The Morgan fingerprint density at radius 3 is 2.47 bits per heavy atom. The predicted octanol–water partition coefficient (Wildman–Crippen LogP) is 3.01. The molecule has 1 aromatic rings. The molecule has 0 spiro atoms. The fourth-order valence-corrected chi connectivity index (χ4v) is 9.17. The van der Waals surface area contributed by atoms with Crippen LogP contribution in [0.1, 0.15) is 83.6 Å². The molecule has 12 atom stereocenters. The Labute approximate surface area is 223 Å². The van der Waals surface area contributed by atoms with Gasteiger partial charge in [-0.25, -0.2) is 4.79 Å². The van der Waals surface area contributed by atoms with Crippen LogP contribution in [0.2, 0.25) is 0 Å². The zero-order valence-electron chi connectivity index (χ0n) is 22.6. The van der Waals surface area contributed by atoms with Crippen LogP contribution in [0.15, 0.2) is 39.3 Å². The second-order valence-electron chi connectivity index (χ2n) is 13.1. The third kappa shape index (κ3) is 3.82. The largest absolute Gasteiger partial charge is 0.431 e. The summed E-state index contributed by atoms with van der Waals surface area (Å²) in [6.45, 7) is 6.26. The maximum absolute atomic E-state index is 12.4. The third-order valence-electron chi connectivity index (χ3n) is 11.5. The van der Waals surface area contributed by atoms with Gasteiger partial charge in [-0.1, -0.05) is 25.5 Å². The molecule has 8 heteroatoms. The molecule has 0 aromatic carbocycles. The van der Waals surface area contributed by atoms with E-state index in [9.17, 15) is 25.2 Å². The number of hydrogen-bond acceptors (Lipinski definition) is 8. The fourth-order valence-electron chi connectivity index (χ4n) is 9.17. The van der Waals surface area contributed by atoms with Crippen LogP contribution in [0.25, 0.3) is 0 Å². The highest BCUT2D eigenvalue weighted by Gasteiger charge is 2.66. The van der Waals surface area contributed by atoms with Crippen molar-refractivity contribution in [3.63, 3.8) is 0 Å². The predicted molar refractivity (Wildman–Crippen MR) is 138 cm³/mol. The van der Waals surface area contributed by atoms with Crippen LogP contribution in [0.5, 0.6) is 0 Å². The third-order valence-corrected chi connectivity index (χ3v) is 11.5. The molecule has 1 saturated heterocycles. The minimum atomic E-state index is -1.31. The number of aliphatic hydroxyl groups is 4. The van der Waals surface area contributed by atoms with Gasteiger partial charge in [-0.05, 0) is 93.1 Å². The second-order valence-corrected chi connectivity index (χ2v) is 13.1. The van der Waals surface area contributed by atoms with Crippen LogP contribution in [0.3, 0.4) is 0 Å². The molecule has 8 nitrogen and oxygen atoms in total. The van der Waals surface area contributed by atoms with Gasteiger partial charge >= 0.3 is 5.63 Å². The molecular weight excluding hydrogens is 488 g/mol. The number of rotatable bonds is 3.